The van der Waals surface area contributed by atoms with E-state index in [9.17, 15) is 4.79 Å². The summed E-state index contributed by atoms with van der Waals surface area (Å²) in [6, 6.07) is 10.4. The molecule has 1 aliphatic heterocycles. The first-order valence-electron chi connectivity index (χ1n) is 7.97. The van der Waals surface area contributed by atoms with Crippen LogP contribution < -0.4 is 0 Å². The number of rotatable bonds is 5. The number of methoxy groups -OCH3 is 1. The van der Waals surface area contributed by atoms with Gasteiger partial charge in [-0.25, -0.2) is 4.68 Å². The van der Waals surface area contributed by atoms with Gasteiger partial charge in [-0.3, -0.25) is 4.79 Å². The zero-order valence-corrected chi connectivity index (χ0v) is 13.2. The molecule has 0 radical (unpaired) electrons. The smallest absolute Gasteiger partial charge is 0.233 e. The van der Waals surface area contributed by atoms with E-state index < -0.39 is 0 Å². The minimum Gasteiger partial charge on any atom is -0.378 e. The predicted molar refractivity (Wildman–Crippen MR) is 83.7 cm³/mol. The Morgan fingerprint density at radius 1 is 1.30 bits per heavy atom. The van der Waals surface area contributed by atoms with Crippen molar-refractivity contribution in [2.24, 2.45) is 0 Å². The Morgan fingerprint density at radius 3 is 2.70 bits per heavy atom. The molecule has 2 fully saturated rings. The Hall–Kier alpha value is -2.21. The van der Waals surface area contributed by atoms with Crippen molar-refractivity contribution < 1.29 is 9.53 Å². The number of aromatic nitrogens is 3. The first kappa shape index (κ1) is 14.4. The molecule has 0 unspecified atom stereocenters. The lowest BCUT2D eigenvalue weighted by atomic mass is 9.92. The number of carbonyl (C=O) groups is 1. The van der Waals surface area contributed by atoms with Crippen LogP contribution in [0.2, 0.25) is 0 Å². The van der Waals surface area contributed by atoms with E-state index in [1.165, 1.54) is 0 Å². The van der Waals surface area contributed by atoms with Crippen LogP contribution >= 0.6 is 0 Å². The second-order valence-corrected chi connectivity index (χ2v) is 6.43. The summed E-state index contributed by atoms with van der Waals surface area (Å²) in [7, 11) is 1.64. The fraction of sp³-hybridized carbons (Fsp3) is 0.471. The van der Waals surface area contributed by atoms with Crippen molar-refractivity contribution in [1.82, 2.24) is 19.9 Å². The number of ether oxygens (including phenoxy) is 1. The maximum absolute atomic E-state index is 12.9. The number of carbonyl (C=O) groups excluding carboxylic acids is 1. The van der Waals surface area contributed by atoms with E-state index in [1.807, 2.05) is 34.0 Å². The minimum absolute atomic E-state index is 0.226. The highest BCUT2D eigenvalue weighted by molar-refractivity contribution is 5.91. The van der Waals surface area contributed by atoms with Crippen LogP contribution in [0.3, 0.4) is 0 Å². The lowest BCUT2D eigenvalue weighted by Crippen LogP contribution is -2.54. The zero-order chi connectivity index (χ0) is 15.9. The molecule has 2 aromatic rings. The molecular formula is C17H20N4O2. The van der Waals surface area contributed by atoms with E-state index in [4.69, 9.17) is 4.74 Å². The molecule has 0 spiro atoms. The second kappa shape index (κ2) is 5.45. The third-order valence-corrected chi connectivity index (χ3v) is 4.86. The highest BCUT2D eigenvalue weighted by atomic mass is 16.5. The number of nitrogens with zero attached hydrogens (tertiary/aromatic N) is 4. The molecule has 120 valence electrons. The number of benzene rings is 1. The van der Waals surface area contributed by atoms with Crippen LogP contribution in [-0.2, 0) is 21.6 Å². The van der Waals surface area contributed by atoms with Gasteiger partial charge in [-0.15, -0.1) is 5.10 Å². The van der Waals surface area contributed by atoms with Gasteiger partial charge in [0.25, 0.3) is 0 Å². The Labute approximate surface area is 135 Å². The molecule has 4 rings (SSSR count). The van der Waals surface area contributed by atoms with Crippen LogP contribution in [0.5, 0.6) is 0 Å². The largest absolute Gasteiger partial charge is 0.378 e. The van der Waals surface area contributed by atoms with E-state index >= 15 is 0 Å². The Kier molecular flexibility index (Phi) is 3.41. The summed E-state index contributed by atoms with van der Waals surface area (Å²) >= 11 is 0. The predicted octanol–water partition coefficient (Wildman–Crippen LogP) is 1.54. The summed E-state index contributed by atoms with van der Waals surface area (Å²) < 4.78 is 6.90. The standard InChI is InChI=1S/C17H20N4O2/c1-23-12-14-9-21(19-18-14)15-10-20(11-15)16(22)17(7-8-17)13-5-3-2-4-6-13/h2-6,9,15H,7-8,10-12H2,1H3. The second-order valence-electron chi connectivity index (χ2n) is 6.43. The van der Waals surface area contributed by atoms with Gasteiger partial charge in [-0.1, -0.05) is 35.5 Å². The lowest BCUT2D eigenvalue weighted by molar-refractivity contribution is -0.140. The average molecular weight is 312 g/mol. The quantitative estimate of drug-likeness (QED) is 0.840. The molecule has 0 N–H and O–H groups in total. The lowest BCUT2D eigenvalue weighted by Gasteiger charge is -2.41. The Bertz CT molecular complexity index is 702. The molecule has 2 heterocycles. The van der Waals surface area contributed by atoms with E-state index in [0.717, 1.165) is 24.1 Å². The molecule has 1 aliphatic carbocycles. The van der Waals surface area contributed by atoms with Gasteiger partial charge in [0.15, 0.2) is 0 Å². The first-order valence-corrected chi connectivity index (χ1v) is 7.97. The summed E-state index contributed by atoms with van der Waals surface area (Å²) in [5.41, 5.74) is 1.70. The highest BCUT2D eigenvalue weighted by Gasteiger charge is 2.54. The van der Waals surface area contributed by atoms with E-state index in [0.29, 0.717) is 19.7 Å². The van der Waals surface area contributed by atoms with Crippen LogP contribution in [-0.4, -0.2) is 46.0 Å². The summed E-state index contributed by atoms with van der Waals surface area (Å²) in [5, 5.41) is 8.21. The first-order chi connectivity index (χ1) is 11.2. The maximum Gasteiger partial charge on any atom is 0.233 e. The van der Waals surface area contributed by atoms with Crippen molar-refractivity contribution >= 4 is 5.91 Å². The molecule has 1 saturated heterocycles. The van der Waals surface area contributed by atoms with E-state index in [1.54, 1.807) is 7.11 Å². The summed E-state index contributed by atoms with van der Waals surface area (Å²) in [6.07, 6.45) is 3.82. The van der Waals surface area contributed by atoms with Crippen molar-refractivity contribution in [3.05, 3.63) is 47.8 Å². The van der Waals surface area contributed by atoms with Crippen molar-refractivity contribution in [3.8, 4) is 0 Å². The number of amides is 1. The van der Waals surface area contributed by atoms with E-state index in [-0.39, 0.29) is 17.4 Å². The third kappa shape index (κ3) is 2.43. The fourth-order valence-electron chi connectivity index (χ4n) is 3.31. The van der Waals surface area contributed by atoms with Gasteiger partial charge in [0, 0.05) is 20.2 Å². The molecule has 0 bridgehead atoms. The number of hydrogen-bond acceptors (Lipinski definition) is 4. The SMILES string of the molecule is COCc1cn(C2CN(C(=O)C3(c4ccccc4)CC3)C2)nn1. The molecule has 2 aliphatic rings. The minimum atomic E-state index is -0.268. The summed E-state index contributed by atoms with van der Waals surface area (Å²) in [4.78, 5) is 14.8. The topological polar surface area (TPSA) is 60.2 Å². The van der Waals surface area contributed by atoms with Crippen molar-refractivity contribution in [1.29, 1.82) is 0 Å². The molecule has 23 heavy (non-hydrogen) atoms. The molecular weight excluding hydrogens is 292 g/mol. The molecule has 6 nitrogen and oxygen atoms in total. The molecule has 1 aromatic heterocycles. The summed E-state index contributed by atoms with van der Waals surface area (Å²) in [6.45, 7) is 1.89. The maximum atomic E-state index is 12.9. The normalized spacial score (nSPS) is 19.4. The Balaban J connectivity index is 1.41. The van der Waals surface area contributed by atoms with Crippen molar-refractivity contribution in [2.75, 3.05) is 20.2 Å². The molecule has 1 amide bonds. The van der Waals surface area contributed by atoms with Gasteiger partial charge in [0.1, 0.15) is 5.69 Å². The molecule has 6 heteroatoms. The summed E-state index contributed by atoms with van der Waals surface area (Å²) in [5.74, 6) is 0.261. The van der Waals surface area contributed by atoms with Gasteiger partial charge in [0.2, 0.25) is 5.91 Å². The van der Waals surface area contributed by atoms with Crippen molar-refractivity contribution in [2.45, 2.75) is 30.9 Å². The number of likely N-dealkylation sites (tertiary alicyclic amines) is 1. The number of hydrogen-bond donors (Lipinski definition) is 0. The van der Waals surface area contributed by atoms with E-state index in [2.05, 4.69) is 22.4 Å². The van der Waals surface area contributed by atoms with Crippen LogP contribution in [0.25, 0.3) is 0 Å². The third-order valence-electron chi connectivity index (χ3n) is 4.86. The fourth-order valence-corrected chi connectivity index (χ4v) is 3.31. The Morgan fingerprint density at radius 2 is 2.04 bits per heavy atom. The van der Waals surface area contributed by atoms with Gasteiger partial charge >= 0.3 is 0 Å². The van der Waals surface area contributed by atoms with Crippen LogP contribution in [0.15, 0.2) is 36.5 Å². The average Bonchev–Trinajstić information content (AvgIpc) is 3.23. The van der Waals surface area contributed by atoms with Crippen LogP contribution in [0, 0.1) is 0 Å². The van der Waals surface area contributed by atoms with Crippen molar-refractivity contribution in [3.63, 3.8) is 0 Å². The van der Waals surface area contributed by atoms with Gasteiger partial charge in [0.05, 0.1) is 24.3 Å². The highest BCUT2D eigenvalue weighted by Crippen LogP contribution is 2.50. The van der Waals surface area contributed by atoms with Gasteiger partial charge in [-0.05, 0) is 18.4 Å². The molecule has 0 atom stereocenters. The molecule has 1 saturated carbocycles. The van der Waals surface area contributed by atoms with Gasteiger partial charge in [-0.2, -0.15) is 0 Å². The zero-order valence-electron chi connectivity index (χ0n) is 13.2. The van der Waals surface area contributed by atoms with Crippen LogP contribution in [0.4, 0.5) is 0 Å². The molecule has 1 aromatic carbocycles. The van der Waals surface area contributed by atoms with Gasteiger partial charge < -0.3 is 9.64 Å². The van der Waals surface area contributed by atoms with Crippen LogP contribution in [0.1, 0.15) is 30.1 Å². The monoisotopic (exact) mass is 312 g/mol.